The topological polar surface area (TPSA) is 41.9 Å². The average molecular weight is 262 g/mol. The van der Waals surface area contributed by atoms with E-state index in [0.717, 1.165) is 25.3 Å². The van der Waals surface area contributed by atoms with Crippen molar-refractivity contribution in [3.05, 3.63) is 5.69 Å². The summed E-state index contributed by atoms with van der Waals surface area (Å²) >= 11 is 0. The summed E-state index contributed by atoms with van der Waals surface area (Å²) in [5.74, 6) is 2.08. The quantitative estimate of drug-likeness (QED) is 0.860. The molecule has 19 heavy (non-hydrogen) atoms. The molecule has 4 nitrogen and oxygen atoms in total. The van der Waals surface area contributed by atoms with E-state index in [1.807, 2.05) is 4.68 Å². The van der Waals surface area contributed by atoms with Crippen LogP contribution in [0, 0.1) is 5.92 Å². The molecule has 1 aliphatic carbocycles. The highest BCUT2D eigenvalue weighted by atomic mass is 15.4. The van der Waals surface area contributed by atoms with Crippen LogP contribution in [0.3, 0.4) is 0 Å². The minimum Gasteiger partial charge on any atom is -0.378 e. The first kappa shape index (κ1) is 12.8. The fourth-order valence-electron chi connectivity index (χ4n) is 3.49. The second-order valence-electron chi connectivity index (χ2n) is 6.49. The number of hydrogen-bond acceptors (Lipinski definition) is 3. The van der Waals surface area contributed by atoms with Crippen LogP contribution in [0.25, 0.3) is 0 Å². The van der Waals surface area contributed by atoms with Crippen LogP contribution in [-0.4, -0.2) is 21.9 Å². The summed E-state index contributed by atoms with van der Waals surface area (Å²) < 4.78 is 2.02. The molecule has 1 fully saturated rings. The molecule has 1 saturated carbocycles. The summed E-state index contributed by atoms with van der Waals surface area (Å²) in [5, 5.41) is 12.2. The molecule has 0 aromatic carbocycles. The normalized spacial score (nSPS) is 29.7. The van der Waals surface area contributed by atoms with E-state index < -0.39 is 0 Å². The van der Waals surface area contributed by atoms with Crippen LogP contribution >= 0.6 is 0 Å². The van der Waals surface area contributed by atoms with Crippen LogP contribution in [0.5, 0.6) is 0 Å². The molecule has 2 heterocycles. The van der Waals surface area contributed by atoms with Crippen LogP contribution < -0.4 is 10.6 Å². The Morgan fingerprint density at radius 2 is 2.11 bits per heavy atom. The predicted octanol–water partition coefficient (Wildman–Crippen LogP) is 3.16. The molecule has 1 aromatic rings. The number of rotatable bonds is 2. The fourth-order valence-corrected chi connectivity index (χ4v) is 3.49. The first-order valence-corrected chi connectivity index (χ1v) is 7.71. The highest BCUT2D eigenvalue weighted by Gasteiger charge is 2.38. The van der Waals surface area contributed by atoms with Gasteiger partial charge >= 0.3 is 0 Å². The van der Waals surface area contributed by atoms with Gasteiger partial charge in [-0.05, 0) is 38.0 Å². The number of anilines is 2. The van der Waals surface area contributed by atoms with Crippen molar-refractivity contribution in [3.8, 4) is 0 Å². The number of hydrogen-bond donors (Lipinski definition) is 2. The molecular weight excluding hydrogens is 236 g/mol. The lowest BCUT2D eigenvalue weighted by Gasteiger charge is -2.44. The molecular formula is C15H26N4. The van der Waals surface area contributed by atoms with Gasteiger partial charge in [0.2, 0.25) is 0 Å². The Bertz CT molecular complexity index is 455. The third-order valence-corrected chi connectivity index (χ3v) is 4.83. The lowest BCUT2D eigenvalue weighted by atomic mass is 9.76. The van der Waals surface area contributed by atoms with E-state index in [-0.39, 0.29) is 5.54 Å². The van der Waals surface area contributed by atoms with E-state index in [1.165, 1.54) is 42.9 Å². The molecule has 0 amide bonds. The summed E-state index contributed by atoms with van der Waals surface area (Å²) in [6, 6.07) is 0. The van der Waals surface area contributed by atoms with E-state index in [0.29, 0.717) is 0 Å². The van der Waals surface area contributed by atoms with Crippen LogP contribution in [0.15, 0.2) is 0 Å². The van der Waals surface area contributed by atoms with E-state index >= 15 is 0 Å². The molecule has 2 aliphatic rings. The molecule has 0 radical (unpaired) electrons. The second kappa shape index (κ2) is 4.73. The average Bonchev–Trinajstić information content (AvgIpc) is 2.71. The Morgan fingerprint density at radius 3 is 2.79 bits per heavy atom. The van der Waals surface area contributed by atoms with E-state index in [4.69, 9.17) is 0 Å². The van der Waals surface area contributed by atoms with Crippen LogP contribution in [0.2, 0.25) is 0 Å². The third-order valence-electron chi connectivity index (χ3n) is 4.83. The fraction of sp³-hybridized carbons (Fsp3) is 0.800. The summed E-state index contributed by atoms with van der Waals surface area (Å²) in [6.45, 7) is 5.63. The summed E-state index contributed by atoms with van der Waals surface area (Å²) in [4.78, 5) is 0. The maximum absolute atomic E-state index is 4.67. The Kier molecular flexibility index (Phi) is 3.19. The monoisotopic (exact) mass is 262 g/mol. The SMILES string of the molecule is CCCc1nn(C)c2c1NCC1(CCC(C)CC1)N2. The molecule has 0 unspecified atom stereocenters. The zero-order valence-electron chi connectivity index (χ0n) is 12.4. The van der Waals surface area contributed by atoms with Crippen molar-refractivity contribution in [1.29, 1.82) is 0 Å². The van der Waals surface area contributed by atoms with Crippen molar-refractivity contribution in [1.82, 2.24) is 9.78 Å². The van der Waals surface area contributed by atoms with Gasteiger partial charge in [-0.2, -0.15) is 5.10 Å². The zero-order valence-corrected chi connectivity index (χ0v) is 12.4. The first-order valence-electron chi connectivity index (χ1n) is 7.71. The lowest BCUT2D eigenvalue weighted by Crippen LogP contribution is -2.50. The first-order chi connectivity index (χ1) is 9.13. The Morgan fingerprint density at radius 1 is 1.37 bits per heavy atom. The highest BCUT2D eigenvalue weighted by Crippen LogP contribution is 2.40. The van der Waals surface area contributed by atoms with E-state index in [1.54, 1.807) is 0 Å². The van der Waals surface area contributed by atoms with Crippen molar-refractivity contribution in [2.24, 2.45) is 13.0 Å². The van der Waals surface area contributed by atoms with Crippen LogP contribution in [-0.2, 0) is 13.5 Å². The van der Waals surface area contributed by atoms with Gasteiger partial charge in [-0.3, -0.25) is 4.68 Å². The largest absolute Gasteiger partial charge is 0.378 e. The molecule has 1 aromatic heterocycles. The minimum absolute atomic E-state index is 0.261. The van der Waals surface area contributed by atoms with Gasteiger partial charge in [0.25, 0.3) is 0 Å². The van der Waals surface area contributed by atoms with Gasteiger partial charge in [-0.1, -0.05) is 20.3 Å². The van der Waals surface area contributed by atoms with Gasteiger partial charge in [-0.25, -0.2) is 0 Å². The van der Waals surface area contributed by atoms with Gasteiger partial charge in [-0.15, -0.1) is 0 Å². The minimum atomic E-state index is 0.261. The summed E-state index contributed by atoms with van der Waals surface area (Å²) in [5.41, 5.74) is 2.72. The number of nitrogens with one attached hydrogen (secondary N) is 2. The smallest absolute Gasteiger partial charge is 0.148 e. The molecule has 1 aliphatic heterocycles. The van der Waals surface area contributed by atoms with Crippen molar-refractivity contribution < 1.29 is 0 Å². The molecule has 3 rings (SSSR count). The molecule has 2 N–H and O–H groups in total. The van der Waals surface area contributed by atoms with Crippen LogP contribution in [0.1, 0.15) is 51.6 Å². The van der Waals surface area contributed by atoms with Gasteiger partial charge < -0.3 is 10.6 Å². The maximum atomic E-state index is 4.67. The number of aryl methyl sites for hydroxylation is 2. The van der Waals surface area contributed by atoms with E-state index in [9.17, 15) is 0 Å². The van der Waals surface area contributed by atoms with Crippen molar-refractivity contribution >= 4 is 11.5 Å². The Hall–Kier alpha value is -1.19. The predicted molar refractivity (Wildman–Crippen MR) is 79.7 cm³/mol. The summed E-state index contributed by atoms with van der Waals surface area (Å²) in [7, 11) is 2.05. The van der Waals surface area contributed by atoms with Crippen molar-refractivity contribution in [3.63, 3.8) is 0 Å². The Balaban J connectivity index is 1.84. The lowest BCUT2D eigenvalue weighted by molar-refractivity contribution is 0.273. The molecule has 1 spiro atoms. The van der Waals surface area contributed by atoms with Gasteiger partial charge in [0.05, 0.1) is 11.2 Å². The maximum Gasteiger partial charge on any atom is 0.148 e. The zero-order chi connectivity index (χ0) is 13.5. The number of fused-ring (bicyclic) bond motifs is 1. The molecule has 4 heteroatoms. The highest BCUT2D eigenvalue weighted by molar-refractivity contribution is 5.71. The van der Waals surface area contributed by atoms with Gasteiger partial charge in [0.1, 0.15) is 11.5 Å². The molecule has 106 valence electrons. The van der Waals surface area contributed by atoms with Crippen LogP contribution in [0.4, 0.5) is 11.5 Å². The standard InChI is InChI=1S/C15H26N4/c1-4-5-12-13-14(19(3)18-12)17-15(10-16-13)8-6-11(2)7-9-15/h11,16-17H,4-10H2,1-3H3. The molecule has 0 atom stereocenters. The van der Waals surface area contributed by atoms with Gasteiger partial charge in [0.15, 0.2) is 0 Å². The number of aromatic nitrogens is 2. The Labute approximate surface area is 116 Å². The van der Waals surface area contributed by atoms with Crippen molar-refractivity contribution in [2.75, 3.05) is 17.2 Å². The number of nitrogens with zero attached hydrogens (tertiary/aromatic N) is 2. The van der Waals surface area contributed by atoms with E-state index in [2.05, 4.69) is 36.6 Å². The second-order valence-corrected chi connectivity index (χ2v) is 6.49. The molecule has 0 saturated heterocycles. The van der Waals surface area contributed by atoms with Crippen molar-refractivity contribution in [2.45, 2.75) is 57.9 Å². The van der Waals surface area contributed by atoms with Gasteiger partial charge in [0, 0.05) is 13.6 Å². The summed E-state index contributed by atoms with van der Waals surface area (Å²) in [6.07, 6.45) is 7.42. The molecule has 0 bridgehead atoms. The third kappa shape index (κ3) is 2.21.